The summed E-state index contributed by atoms with van der Waals surface area (Å²) in [6, 6.07) is 5.64. The van der Waals surface area contributed by atoms with Gasteiger partial charge < -0.3 is 10.5 Å². The highest BCUT2D eigenvalue weighted by atomic mass is 35.5. The van der Waals surface area contributed by atoms with E-state index in [1.54, 1.807) is 11.3 Å². The van der Waals surface area contributed by atoms with Gasteiger partial charge in [-0.3, -0.25) is 4.90 Å². The number of nitrogens with zero attached hydrogens (tertiary/aromatic N) is 2. The summed E-state index contributed by atoms with van der Waals surface area (Å²) in [7, 11) is 0. The summed E-state index contributed by atoms with van der Waals surface area (Å²) in [6.07, 6.45) is 4.24. The minimum absolute atomic E-state index is 0. The number of halogens is 3. The Labute approximate surface area is 162 Å². The molecular weight excluding hydrogens is 389 g/mol. The molecule has 0 atom stereocenters. The number of benzene rings is 1. The number of thiazole rings is 1. The van der Waals surface area contributed by atoms with Crippen molar-refractivity contribution in [2.45, 2.75) is 32.1 Å². The molecule has 8 heteroatoms. The molecule has 0 bridgehead atoms. The molecule has 1 aromatic carbocycles. The van der Waals surface area contributed by atoms with Gasteiger partial charge in [0.05, 0.1) is 22.8 Å². The summed E-state index contributed by atoms with van der Waals surface area (Å²) < 4.78 is 6.01. The van der Waals surface area contributed by atoms with Crippen LogP contribution < -0.4 is 5.73 Å². The first kappa shape index (κ1) is 19.8. The first-order chi connectivity index (χ1) is 11.1. The van der Waals surface area contributed by atoms with Crippen LogP contribution in [0.1, 0.15) is 23.3 Å². The van der Waals surface area contributed by atoms with Gasteiger partial charge in [0.1, 0.15) is 0 Å². The zero-order valence-corrected chi connectivity index (χ0v) is 16.2. The molecule has 4 nitrogen and oxygen atoms in total. The van der Waals surface area contributed by atoms with Crippen LogP contribution in [-0.2, 0) is 17.9 Å². The fourth-order valence-corrected chi connectivity index (χ4v) is 3.74. The second-order valence-corrected chi connectivity index (χ2v) is 7.66. The van der Waals surface area contributed by atoms with Crippen LogP contribution in [-0.4, -0.2) is 29.1 Å². The molecule has 0 amide bonds. The van der Waals surface area contributed by atoms with Gasteiger partial charge in [0.15, 0.2) is 5.13 Å². The predicted octanol–water partition coefficient (Wildman–Crippen LogP) is 4.64. The van der Waals surface area contributed by atoms with Crippen molar-refractivity contribution in [1.82, 2.24) is 9.88 Å². The summed E-state index contributed by atoms with van der Waals surface area (Å²) in [4.78, 5) is 7.74. The molecule has 0 aliphatic carbocycles. The normalized spacial score (nSPS) is 16.1. The Morgan fingerprint density at radius 1 is 1.25 bits per heavy atom. The highest BCUT2D eigenvalue weighted by Gasteiger charge is 2.20. The number of hydrogen-bond acceptors (Lipinski definition) is 5. The summed E-state index contributed by atoms with van der Waals surface area (Å²) in [5, 5.41) is 1.79. The first-order valence-corrected chi connectivity index (χ1v) is 9.15. The average Bonchev–Trinajstić information content (AvgIpc) is 2.95. The third-order valence-corrected chi connectivity index (χ3v) is 5.51. The topological polar surface area (TPSA) is 51.4 Å². The quantitative estimate of drug-likeness (QED) is 0.783. The number of nitrogens with two attached hydrogens (primary N) is 1. The monoisotopic (exact) mass is 407 g/mol. The van der Waals surface area contributed by atoms with E-state index in [4.69, 9.17) is 33.7 Å². The van der Waals surface area contributed by atoms with Crippen LogP contribution in [0.3, 0.4) is 0 Å². The van der Waals surface area contributed by atoms with Crippen molar-refractivity contribution in [3.05, 3.63) is 44.9 Å². The number of nitrogen functional groups attached to an aromatic ring is 1. The van der Waals surface area contributed by atoms with Crippen LogP contribution in [0.4, 0.5) is 5.13 Å². The minimum Gasteiger partial charge on any atom is -0.375 e. The second-order valence-electron chi connectivity index (χ2n) is 5.70. The van der Waals surface area contributed by atoms with E-state index in [9.17, 15) is 0 Å². The summed E-state index contributed by atoms with van der Waals surface area (Å²) in [5.74, 6) is 0. The predicted molar refractivity (Wildman–Crippen MR) is 103 cm³/mol. The van der Waals surface area contributed by atoms with E-state index in [2.05, 4.69) is 9.88 Å². The van der Waals surface area contributed by atoms with E-state index in [0.717, 1.165) is 38.0 Å². The molecule has 1 saturated heterocycles. The van der Waals surface area contributed by atoms with Gasteiger partial charge in [0, 0.05) is 30.7 Å². The Kier molecular flexibility index (Phi) is 7.60. The summed E-state index contributed by atoms with van der Waals surface area (Å²) >= 11 is 13.5. The molecule has 0 spiro atoms. The Balaban J connectivity index is 0.00000208. The maximum Gasteiger partial charge on any atom is 0.180 e. The van der Waals surface area contributed by atoms with Gasteiger partial charge in [0.2, 0.25) is 0 Å². The van der Waals surface area contributed by atoms with Gasteiger partial charge in [-0.1, -0.05) is 29.3 Å². The molecule has 1 aromatic heterocycles. The Morgan fingerprint density at radius 3 is 2.62 bits per heavy atom. The molecule has 0 radical (unpaired) electrons. The molecule has 1 aliphatic rings. The van der Waals surface area contributed by atoms with E-state index in [1.165, 1.54) is 4.88 Å². The maximum absolute atomic E-state index is 6.03. The summed E-state index contributed by atoms with van der Waals surface area (Å²) in [5.41, 5.74) is 6.73. The van der Waals surface area contributed by atoms with Crippen molar-refractivity contribution in [2.75, 3.05) is 18.8 Å². The highest BCUT2D eigenvalue weighted by Crippen LogP contribution is 2.24. The maximum atomic E-state index is 6.03. The molecule has 0 unspecified atom stereocenters. The fraction of sp³-hybridized carbons (Fsp3) is 0.438. The molecule has 2 N–H and O–H groups in total. The third-order valence-electron chi connectivity index (χ3n) is 3.96. The van der Waals surface area contributed by atoms with E-state index < -0.39 is 0 Å². The zero-order chi connectivity index (χ0) is 16.2. The second kappa shape index (κ2) is 9.22. The van der Waals surface area contributed by atoms with Crippen LogP contribution in [0.5, 0.6) is 0 Å². The number of anilines is 1. The number of aromatic nitrogens is 1. The average molecular weight is 409 g/mol. The molecule has 132 valence electrons. The Bertz CT molecular complexity index is 660. The van der Waals surface area contributed by atoms with Gasteiger partial charge in [-0.2, -0.15) is 0 Å². The van der Waals surface area contributed by atoms with Crippen LogP contribution >= 0.6 is 46.9 Å². The lowest BCUT2D eigenvalue weighted by molar-refractivity contribution is -0.00377. The third kappa shape index (κ3) is 5.48. The zero-order valence-electron chi connectivity index (χ0n) is 13.1. The van der Waals surface area contributed by atoms with Gasteiger partial charge in [-0.25, -0.2) is 4.98 Å². The van der Waals surface area contributed by atoms with Gasteiger partial charge >= 0.3 is 0 Å². The van der Waals surface area contributed by atoms with Crippen molar-refractivity contribution in [3.63, 3.8) is 0 Å². The summed E-state index contributed by atoms with van der Waals surface area (Å²) in [6.45, 7) is 3.56. The number of rotatable bonds is 5. The molecule has 1 fully saturated rings. The SMILES string of the molecule is Cl.Nc1ncc(CN2CCC(OCc3ccc(Cl)c(Cl)c3)CC2)s1. The molecule has 0 saturated carbocycles. The molecule has 2 heterocycles. The molecule has 24 heavy (non-hydrogen) atoms. The number of piperidine rings is 1. The fourth-order valence-electron chi connectivity index (χ4n) is 2.69. The minimum atomic E-state index is 0. The lowest BCUT2D eigenvalue weighted by Crippen LogP contribution is -2.36. The van der Waals surface area contributed by atoms with Crippen molar-refractivity contribution in [2.24, 2.45) is 0 Å². The lowest BCUT2D eigenvalue weighted by atomic mass is 10.1. The Morgan fingerprint density at radius 2 is 2.00 bits per heavy atom. The largest absolute Gasteiger partial charge is 0.375 e. The molecular formula is C16H20Cl3N3OS. The molecule has 2 aromatic rings. The van der Waals surface area contributed by atoms with E-state index in [-0.39, 0.29) is 12.4 Å². The van der Waals surface area contributed by atoms with E-state index in [0.29, 0.717) is 27.9 Å². The molecule has 1 aliphatic heterocycles. The van der Waals surface area contributed by atoms with Crippen LogP contribution in [0.2, 0.25) is 10.0 Å². The van der Waals surface area contributed by atoms with Crippen LogP contribution in [0.15, 0.2) is 24.4 Å². The van der Waals surface area contributed by atoms with Crippen molar-refractivity contribution in [3.8, 4) is 0 Å². The number of ether oxygens (including phenoxy) is 1. The molecule has 3 rings (SSSR count). The van der Waals surface area contributed by atoms with E-state index >= 15 is 0 Å². The first-order valence-electron chi connectivity index (χ1n) is 7.58. The van der Waals surface area contributed by atoms with Crippen LogP contribution in [0.25, 0.3) is 0 Å². The highest BCUT2D eigenvalue weighted by molar-refractivity contribution is 7.15. The van der Waals surface area contributed by atoms with Crippen molar-refractivity contribution < 1.29 is 4.74 Å². The van der Waals surface area contributed by atoms with Gasteiger partial charge in [-0.05, 0) is 30.5 Å². The standard InChI is InChI=1S/C16H19Cl2N3OS.ClH/c17-14-2-1-11(7-15(14)18)10-22-12-3-5-21(6-4-12)9-13-8-20-16(19)23-13;/h1-2,7-8,12H,3-6,9-10H2,(H2,19,20);1H. The van der Waals surface area contributed by atoms with Gasteiger partial charge in [-0.15, -0.1) is 23.7 Å². The van der Waals surface area contributed by atoms with Crippen molar-refractivity contribution in [1.29, 1.82) is 0 Å². The van der Waals surface area contributed by atoms with Crippen LogP contribution in [0, 0.1) is 0 Å². The number of likely N-dealkylation sites (tertiary alicyclic amines) is 1. The smallest absolute Gasteiger partial charge is 0.180 e. The van der Waals surface area contributed by atoms with Gasteiger partial charge in [0.25, 0.3) is 0 Å². The van der Waals surface area contributed by atoms with E-state index in [1.807, 2.05) is 24.4 Å². The number of hydrogen-bond donors (Lipinski definition) is 1. The van der Waals surface area contributed by atoms with Crippen molar-refractivity contribution >= 4 is 52.1 Å². The Hall–Kier alpha value is -0.560. The lowest BCUT2D eigenvalue weighted by Gasteiger charge is -2.31.